The second-order valence-corrected chi connectivity index (χ2v) is 3.15. The second-order valence-electron chi connectivity index (χ2n) is 3.15. The predicted molar refractivity (Wildman–Crippen MR) is 60.2 cm³/mol. The van der Waals surface area contributed by atoms with E-state index in [9.17, 15) is 4.79 Å². The van der Waals surface area contributed by atoms with Gasteiger partial charge in [0.1, 0.15) is 6.61 Å². The highest BCUT2D eigenvalue weighted by Crippen LogP contribution is 1.82. The van der Waals surface area contributed by atoms with Gasteiger partial charge in [-0.05, 0) is 6.42 Å². The van der Waals surface area contributed by atoms with Crippen LogP contribution in [-0.2, 0) is 19.0 Å². The van der Waals surface area contributed by atoms with Crippen LogP contribution < -0.4 is 11.1 Å². The number of nitrogens with two attached hydrogens (primary N) is 1. The van der Waals surface area contributed by atoms with Gasteiger partial charge < -0.3 is 25.3 Å². The van der Waals surface area contributed by atoms with E-state index in [0.29, 0.717) is 39.5 Å². The van der Waals surface area contributed by atoms with Gasteiger partial charge in [-0.3, -0.25) is 4.79 Å². The molecule has 6 nitrogen and oxygen atoms in total. The minimum atomic E-state index is -0.120. The summed E-state index contributed by atoms with van der Waals surface area (Å²) < 4.78 is 15.0. The summed E-state index contributed by atoms with van der Waals surface area (Å²) in [7, 11) is 1.63. The van der Waals surface area contributed by atoms with Crippen molar-refractivity contribution in [3.63, 3.8) is 0 Å². The van der Waals surface area contributed by atoms with Crippen molar-refractivity contribution in [2.45, 2.75) is 6.42 Å². The highest BCUT2D eigenvalue weighted by molar-refractivity contribution is 5.77. The Labute approximate surface area is 96.4 Å². The number of carbonyl (C=O) groups is 1. The number of methoxy groups -OCH3 is 1. The Kier molecular flexibility index (Phi) is 11.8. The summed E-state index contributed by atoms with van der Waals surface area (Å²) in [5.41, 5.74) is 5.21. The quantitative estimate of drug-likeness (QED) is 0.454. The molecular formula is C10H22N2O4. The van der Waals surface area contributed by atoms with Crippen LogP contribution in [0.4, 0.5) is 0 Å². The zero-order chi connectivity index (χ0) is 12.1. The number of amides is 1. The topological polar surface area (TPSA) is 82.8 Å². The summed E-state index contributed by atoms with van der Waals surface area (Å²) in [6.45, 7) is 3.31. The fraction of sp³-hybridized carbons (Fsp3) is 0.900. The molecule has 0 radical (unpaired) electrons. The lowest BCUT2D eigenvalue weighted by Crippen LogP contribution is -2.29. The normalized spacial score (nSPS) is 10.4. The highest BCUT2D eigenvalue weighted by Gasteiger charge is 1.99. The molecule has 0 unspecified atom stereocenters. The van der Waals surface area contributed by atoms with Crippen molar-refractivity contribution < 1.29 is 19.0 Å². The second kappa shape index (κ2) is 12.4. The van der Waals surface area contributed by atoms with Gasteiger partial charge in [-0.15, -0.1) is 0 Å². The summed E-state index contributed by atoms with van der Waals surface area (Å²) in [4.78, 5) is 11.1. The Hall–Kier alpha value is -0.690. The van der Waals surface area contributed by atoms with Crippen molar-refractivity contribution in [2.75, 3.05) is 53.2 Å². The van der Waals surface area contributed by atoms with Gasteiger partial charge in [0, 0.05) is 26.8 Å². The first-order valence-electron chi connectivity index (χ1n) is 5.42. The highest BCUT2D eigenvalue weighted by atomic mass is 16.5. The maximum Gasteiger partial charge on any atom is 0.245 e. The van der Waals surface area contributed by atoms with Gasteiger partial charge in [-0.1, -0.05) is 0 Å². The molecule has 0 saturated carbocycles. The standard InChI is InChI=1S/C10H22N2O4/c1-14-7-8-15-5-2-4-12-10(13)9-16-6-3-11/h2-9,11H2,1H3,(H,12,13). The summed E-state index contributed by atoms with van der Waals surface area (Å²) in [6, 6.07) is 0. The lowest BCUT2D eigenvalue weighted by atomic mass is 10.4. The molecule has 6 heteroatoms. The van der Waals surface area contributed by atoms with Gasteiger partial charge >= 0.3 is 0 Å². The van der Waals surface area contributed by atoms with Gasteiger partial charge in [0.15, 0.2) is 0 Å². The van der Waals surface area contributed by atoms with Gasteiger partial charge in [0.05, 0.1) is 19.8 Å². The van der Waals surface area contributed by atoms with Crippen LogP contribution in [0.2, 0.25) is 0 Å². The summed E-state index contributed by atoms with van der Waals surface area (Å²) >= 11 is 0. The number of rotatable bonds is 11. The summed E-state index contributed by atoms with van der Waals surface area (Å²) in [5, 5.41) is 2.72. The molecule has 1 amide bonds. The van der Waals surface area contributed by atoms with E-state index in [1.54, 1.807) is 7.11 Å². The third-order valence-corrected chi connectivity index (χ3v) is 1.71. The van der Waals surface area contributed by atoms with E-state index >= 15 is 0 Å². The van der Waals surface area contributed by atoms with E-state index < -0.39 is 0 Å². The lowest BCUT2D eigenvalue weighted by Gasteiger charge is -2.06. The molecule has 96 valence electrons. The van der Waals surface area contributed by atoms with Crippen molar-refractivity contribution in [3.05, 3.63) is 0 Å². The molecule has 0 aliphatic heterocycles. The van der Waals surface area contributed by atoms with Gasteiger partial charge in [0.25, 0.3) is 0 Å². The van der Waals surface area contributed by atoms with E-state index in [2.05, 4.69) is 5.32 Å². The van der Waals surface area contributed by atoms with Gasteiger partial charge in [0.2, 0.25) is 5.91 Å². The van der Waals surface area contributed by atoms with Crippen molar-refractivity contribution in [1.29, 1.82) is 0 Å². The maximum absolute atomic E-state index is 11.1. The molecule has 16 heavy (non-hydrogen) atoms. The fourth-order valence-corrected chi connectivity index (χ4v) is 0.946. The Morgan fingerprint density at radius 2 is 2.00 bits per heavy atom. The zero-order valence-electron chi connectivity index (χ0n) is 9.87. The Morgan fingerprint density at radius 1 is 1.19 bits per heavy atom. The van der Waals surface area contributed by atoms with Crippen LogP contribution in [0.3, 0.4) is 0 Å². The molecule has 0 aromatic rings. The van der Waals surface area contributed by atoms with Crippen LogP contribution in [0.25, 0.3) is 0 Å². The minimum absolute atomic E-state index is 0.0712. The number of carbonyl (C=O) groups excluding carboxylic acids is 1. The van der Waals surface area contributed by atoms with Crippen LogP contribution in [0.5, 0.6) is 0 Å². The molecule has 0 aliphatic rings. The molecular weight excluding hydrogens is 212 g/mol. The van der Waals surface area contributed by atoms with Crippen LogP contribution in [0, 0.1) is 0 Å². The Morgan fingerprint density at radius 3 is 2.69 bits per heavy atom. The number of ether oxygens (including phenoxy) is 3. The first-order chi connectivity index (χ1) is 7.81. The maximum atomic E-state index is 11.1. The molecule has 0 heterocycles. The van der Waals surface area contributed by atoms with E-state index in [1.807, 2.05) is 0 Å². The number of nitrogens with one attached hydrogen (secondary N) is 1. The van der Waals surface area contributed by atoms with E-state index in [-0.39, 0.29) is 12.5 Å². The lowest BCUT2D eigenvalue weighted by molar-refractivity contribution is -0.125. The molecule has 0 aliphatic carbocycles. The third kappa shape index (κ3) is 11.4. The SMILES string of the molecule is COCCOCCCNC(=O)COCCN. The molecule has 0 atom stereocenters. The van der Waals surface area contributed by atoms with Crippen LogP contribution in [0.15, 0.2) is 0 Å². The first kappa shape index (κ1) is 15.3. The monoisotopic (exact) mass is 234 g/mol. The van der Waals surface area contributed by atoms with Crippen molar-refractivity contribution in [2.24, 2.45) is 5.73 Å². The molecule has 0 aromatic carbocycles. The third-order valence-electron chi connectivity index (χ3n) is 1.71. The average Bonchev–Trinajstić information content (AvgIpc) is 2.28. The van der Waals surface area contributed by atoms with Gasteiger partial charge in [-0.25, -0.2) is 0 Å². The van der Waals surface area contributed by atoms with E-state index in [0.717, 1.165) is 6.42 Å². The predicted octanol–water partition coefficient (Wildman–Crippen LogP) is -0.869. The van der Waals surface area contributed by atoms with Crippen LogP contribution in [-0.4, -0.2) is 59.1 Å². The van der Waals surface area contributed by atoms with Crippen LogP contribution >= 0.6 is 0 Å². The molecule has 0 fully saturated rings. The Balaban J connectivity index is 3.09. The molecule has 0 aromatic heterocycles. The van der Waals surface area contributed by atoms with Crippen molar-refractivity contribution in [3.8, 4) is 0 Å². The molecule has 0 saturated heterocycles. The van der Waals surface area contributed by atoms with E-state index in [1.165, 1.54) is 0 Å². The molecule has 0 bridgehead atoms. The minimum Gasteiger partial charge on any atom is -0.382 e. The average molecular weight is 234 g/mol. The zero-order valence-corrected chi connectivity index (χ0v) is 9.87. The largest absolute Gasteiger partial charge is 0.382 e. The first-order valence-corrected chi connectivity index (χ1v) is 5.42. The molecule has 3 N–H and O–H groups in total. The van der Waals surface area contributed by atoms with Gasteiger partial charge in [-0.2, -0.15) is 0 Å². The van der Waals surface area contributed by atoms with Crippen LogP contribution in [0.1, 0.15) is 6.42 Å². The smallest absolute Gasteiger partial charge is 0.245 e. The number of hydrogen-bond acceptors (Lipinski definition) is 5. The number of hydrogen-bond donors (Lipinski definition) is 2. The summed E-state index contributed by atoms with van der Waals surface area (Å²) in [5.74, 6) is -0.120. The van der Waals surface area contributed by atoms with Crippen molar-refractivity contribution in [1.82, 2.24) is 5.32 Å². The fourth-order valence-electron chi connectivity index (χ4n) is 0.946. The van der Waals surface area contributed by atoms with E-state index in [4.69, 9.17) is 19.9 Å². The molecule has 0 rings (SSSR count). The summed E-state index contributed by atoms with van der Waals surface area (Å²) in [6.07, 6.45) is 0.784. The Bertz CT molecular complexity index is 167. The van der Waals surface area contributed by atoms with Crippen molar-refractivity contribution >= 4 is 5.91 Å². The molecule has 0 spiro atoms.